The number of aromatic hydroxyl groups is 1. The minimum atomic E-state index is 0.180. The van der Waals surface area contributed by atoms with Crippen molar-refractivity contribution in [2.24, 2.45) is 0 Å². The van der Waals surface area contributed by atoms with Crippen LogP contribution in [0.4, 0.5) is 0 Å². The first-order valence-electron chi connectivity index (χ1n) is 5.37. The molecule has 0 saturated carbocycles. The summed E-state index contributed by atoms with van der Waals surface area (Å²) in [6.07, 6.45) is 0.966. The van der Waals surface area contributed by atoms with Crippen LogP contribution in [0.5, 0.6) is 5.88 Å². The van der Waals surface area contributed by atoms with E-state index in [0.29, 0.717) is 5.92 Å². The lowest BCUT2D eigenvalue weighted by Crippen LogP contribution is -1.97. The van der Waals surface area contributed by atoms with Crippen molar-refractivity contribution in [1.29, 1.82) is 0 Å². The first kappa shape index (κ1) is 11.1. The molecule has 2 rings (SSSR count). The molecule has 16 heavy (non-hydrogen) atoms. The van der Waals surface area contributed by atoms with Gasteiger partial charge in [-0.3, -0.25) is 0 Å². The van der Waals surface area contributed by atoms with Crippen molar-refractivity contribution >= 4 is 11.3 Å². The third-order valence-electron chi connectivity index (χ3n) is 2.59. The lowest BCUT2D eigenvalue weighted by Gasteiger charge is -2.07. The summed E-state index contributed by atoms with van der Waals surface area (Å²) < 4.78 is 0. The monoisotopic (exact) mass is 233 g/mol. The average molecular weight is 233 g/mol. The van der Waals surface area contributed by atoms with Gasteiger partial charge in [0.25, 0.3) is 0 Å². The highest BCUT2D eigenvalue weighted by Gasteiger charge is 2.13. The summed E-state index contributed by atoms with van der Waals surface area (Å²) in [7, 11) is 0. The van der Waals surface area contributed by atoms with Gasteiger partial charge in [-0.2, -0.15) is 0 Å². The Hall–Kier alpha value is -1.35. The van der Waals surface area contributed by atoms with E-state index in [1.165, 1.54) is 5.56 Å². The van der Waals surface area contributed by atoms with Crippen molar-refractivity contribution < 1.29 is 5.11 Å². The summed E-state index contributed by atoms with van der Waals surface area (Å²) >= 11 is 1.58. The van der Waals surface area contributed by atoms with E-state index >= 15 is 0 Å². The Bertz CT molecular complexity index is 445. The summed E-state index contributed by atoms with van der Waals surface area (Å²) in [5.41, 5.74) is 1.31. The fourth-order valence-electron chi connectivity index (χ4n) is 1.67. The predicted octanol–water partition coefficient (Wildman–Crippen LogP) is 3.50. The fraction of sp³-hybridized carbons (Fsp3) is 0.308. The average Bonchev–Trinajstić information content (AvgIpc) is 2.61. The van der Waals surface area contributed by atoms with E-state index < -0.39 is 0 Å². The highest BCUT2D eigenvalue weighted by atomic mass is 32.1. The number of thiazole rings is 1. The van der Waals surface area contributed by atoms with E-state index in [4.69, 9.17) is 0 Å². The lowest BCUT2D eigenvalue weighted by molar-refractivity contribution is 0.451. The van der Waals surface area contributed by atoms with Gasteiger partial charge in [-0.15, -0.1) is 11.3 Å². The highest BCUT2D eigenvalue weighted by molar-refractivity contribution is 7.11. The molecule has 0 spiro atoms. The number of rotatable bonds is 3. The third kappa shape index (κ3) is 2.42. The van der Waals surface area contributed by atoms with Gasteiger partial charge in [0.2, 0.25) is 5.88 Å². The van der Waals surface area contributed by atoms with E-state index in [0.717, 1.165) is 16.3 Å². The number of aromatic nitrogens is 1. The molecular formula is C13H15NOS. The molecule has 2 nitrogen and oxygen atoms in total. The predicted molar refractivity (Wildman–Crippen MR) is 67.1 cm³/mol. The van der Waals surface area contributed by atoms with Crippen LogP contribution in [0.3, 0.4) is 0 Å². The maximum Gasteiger partial charge on any atom is 0.225 e. The first-order valence-corrected chi connectivity index (χ1v) is 6.18. The maximum absolute atomic E-state index is 9.45. The van der Waals surface area contributed by atoms with Crippen LogP contribution in [0.1, 0.15) is 28.3 Å². The van der Waals surface area contributed by atoms with E-state index in [1.54, 1.807) is 11.3 Å². The second-order valence-corrected chi connectivity index (χ2v) is 5.26. The summed E-state index contributed by atoms with van der Waals surface area (Å²) in [6.45, 7) is 4.04. The zero-order valence-corrected chi connectivity index (χ0v) is 10.3. The van der Waals surface area contributed by atoms with Crippen LogP contribution in [0.25, 0.3) is 0 Å². The van der Waals surface area contributed by atoms with Crippen LogP contribution >= 0.6 is 11.3 Å². The molecule has 0 aliphatic carbocycles. The molecular weight excluding hydrogens is 218 g/mol. The van der Waals surface area contributed by atoms with Gasteiger partial charge >= 0.3 is 0 Å². The molecule has 84 valence electrons. The van der Waals surface area contributed by atoms with Gasteiger partial charge < -0.3 is 5.11 Å². The molecule has 1 atom stereocenters. The van der Waals surface area contributed by atoms with Gasteiger partial charge in [0.15, 0.2) is 0 Å². The van der Waals surface area contributed by atoms with Gasteiger partial charge in [0.1, 0.15) is 5.01 Å². The summed E-state index contributed by atoms with van der Waals surface area (Å²) in [6, 6.07) is 10.4. The van der Waals surface area contributed by atoms with Gasteiger partial charge in [-0.1, -0.05) is 37.3 Å². The Kier molecular flexibility index (Phi) is 3.25. The Morgan fingerprint density at radius 3 is 2.56 bits per heavy atom. The highest BCUT2D eigenvalue weighted by Crippen LogP contribution is 2.29. The molecule has 0 fully saturated rings. The van der Waals surface area contributed by atoms with Crippen LogP contribution in [-0.2, 0) is 6.42 Å². The fourth-order valence-corrected chi connectivity index (χ4v) is 2.54. The van der Waals surface area contributed by atoms with Crippen LogP contribution in [-0.4, -0.2) is 10.1 Å². The van der Waals surface area contributed by atoms with E-state index in [9.17, 15) is 5.11 Å². The van der Waals surface area contributed by atoms with Crippen molar-refractivity contribution in [1.82, 2.24) is 4.98 Å². The molecule has 1 N–H and O–H groups in total. The second-order valence-electron chi connectivity index (χ2n) is 4.02. The number of aryl methyl sites for hydroxylation is 1. The topological polar surface area (TPSA) is 33.1 Å². The Morgan fingerprint density at radius 2 is 2.00 bits per heavy atom. The molecule has 0 bridgehead atoms. The van der Waals surface area contributed by atoms with Gasteiger partial charge in [-0.05, 0) is 18.9 Å². The van der Waals surface area contributed by atoms with Crippen molar-refractivity contribution in [3.05, 3.63) is 45.8 Å². The Labute approximate surface area is 99.6 Å². The molecule has 2 aromatic rings. The SMILES string of the molecule is Cc1sc(C(C)Cc2ccccc2)nc1O. The lowest BCUT2D eigenvalue weighted by atomic mass is 10.0. The third-order valence-corrected chi connectivity index (χ3v) is 3.79. The minimum Gasteiger partial charge on any atom is -0.492 e. The van der Waals surface area contributed by atoms with Gasteiger partial charge in [-0.25, -0.2) is 4.98 Å². The van der Waals surface area contributed by atoms with Gasteiger partial charge in [0.05, 0.1) is 4.88 Å². The number of benzene rings is 1. The van der Waals surface area contributed by atoms with Crippen molar-refractivity contribution in [3.8, 4) is 5.88 Å². The summed E-state index contributed by atoms with van der Waals surface area (Å²) in [5, 5.41) is 10.5. The molecule has 0 amide bonds. The zero-order valence-electron chi connectivity index (χ0n) is 9.47. The summed E-state index contributed by atoms with van der Waals surface area (Å²) in [5.74, 6) is 0.534. The zero-order chi connectivity index (χ0) is 11.5. The second kappa shape index (κ2) is 4.66. The number of hydrogen-bond donors (Lipinski definition) is 1. The Morgan fingerprint density at radius 1 is 1.31 bits per heavy atom. The molecule has 0 aliphatic heterocycles. The molecule has 0 aliphatic rings. The Balaban J connectivity index is 2.11. The summed E-state index contributed by atoms with van der Waals surface area (Å²) in [4.78, 5) is 5.08. The largest absolute Gasteiger partial charge is 0.492 e. The molecule has 1 heterocycles. The molecule has 1 aromatic carbocycles. The maximum atomic E-state index is 9.45. The van der Waals surface area contributed by atoms with Crippen molar-refractivity contribution in [3.63, 3.8) is 0 Å². The van der Waals surface area contributed by atoms with Crippen LogP contribution in [0.15, 0.2) is 30.3 Å². The molecule has 0 saturated heterocycles. The quantitative estimate of drug-likeness (QED) is 0.880. The number of nitrogens with zero attached hydrogens (tertiary/aromatic N) is 1. The van der Waals surface area contributed by atoms with Crippen molar-refractivity contribution in [2.45, 2.75) is 26.2 Å². The molecule has 1 aromatic heterocycles. The van der Waals surface area contributed by atoms with Crippen LogP contribution in [0, 0.1) is 6.92 Å². The van der Waals surface area contributed by atoms with E-state index in [1.807, 2.05) is 25.1 Å². The van der Waals surface area contributed by atoms with E-state index in [2.05, 4.69) is 24.0 Å². The molecule has 1 unspecified atom stereocenters. The first-order chi connectivity index (χ1) is 7.66. The van der Waals surface area contributed by atoms with Crippen LogP contribution in [0.2, 0.25) is 0 Å². The van der Waals surface area contributed by atoms with Gasteiger partial charge in [0, 0.05) is 5.92 Å². The number of hydrogen-bond acceptors (Lipinski definition) is 3. The smallest absolute Gasteiger partial charge is 0.225 e. The molecule has 0 radical (unpaired) electrons. The van der Waals surface area contributed by atoms with E-state index in [-0.39, 0.29) is 5.88 Å². The van der Waals surface area contributed by atoms with Crippen LogP contribution < -0.4 is 0 Å². The standard InChI is InChI=1S/C13H15NOS/c1-9(8-11-6-4-3-5-7-11)13-14-12(15)10(2)16-13/h3-7,9,15H,8H2,1-2H3. The minimum absolute atomic E-state index is 0.180. The van der Waals surface area contributed by atoms with Crippen molar-refractivity contribution in [2.75, 3.05) is 0 Å². The normalized spacial score (nSPS) is 12.6. The molecule has 3 heteroatoms.